The van der Waals surface area contributed by atoms with Crippen LogP contribution in [0.1, 0.15) is 53.5 Å². The van der Waals surface area contributed by atoms with Crippen LogP contribution in [-0.2, 0) is 11.3 Å². The SMILES string of the molecule is CCC(C)CNc1cccc(CN(CC)C(=O)OC(C)(C)C)c1. The van der Waals surface area contributed by atoms with E-state index in [0.29, 0.717) is 19.0 Å². The zero-order chi connectivity index (χ0) is 17.5. The monoisotopic (exact) mass is 320 g/mol. The molecule has 0 saturated heterocycles. The highest BCUT2D eigenvalue weighted by Gasteiger charge is 2.21. The summed E-state index contributed by atoms with van der Waals surface area (Å²) in [6, 6.07) is 8.24. The van der Waals surface area contributed by atoms with Gasteiger partial charge in [-0.15, -0.1) is 0 Å². The van der Waals surface area contributed by atoms with E-state index in [9.17, 15) is 4.79 Å². The van der Waals surface area contributed by atoms with Gasteiger partial charge in [-0.3, -0.25) is 0 Å². The summed E-state index contributed by atoms with van der Waals surface area (Å²) in [7, 11) is 0. The topological polar surface area (TPSA) is 41.6 Å². The maximum Gasteiger partial charge on any atom is 0.410 e. The zero-order valence-electron chi connectivity index (χ0n) is 15.5. The van der Waals surface area contributed by atoms with Gasteiger partial charge in [-0.2, -0.15) is 0 Å². The number of nitrogens with one attached hydrogen (secondary N) is 1. The lowest BCUT2D eigenvalue weighted by Gasteiger charge is -2.26. The third-order valence-corrected chi connectivity index (χ3v) is 3.69. The average Bonchev–Trinajstić information content (AvgIpc) is 2.48. The van der Waals surface area contributed by atoms with Crippen LogP contribution in [0.25, 0.3) is 0 Å². The predicted octanol–water partition coefficient (Wildman–Crippen LogP) is 4.90. The molecule has 0 aliphatic heterocycles. The second kappa shape index (κ2) is 8.80. The quantitative estimate of drug-likeness (QED) is 0.777. The third-order valence-electron chi connectivity index (χ3n) is 3.69. The number of benzene rings is 1. The maximum absolute atomic E-state index is 12.2. The first-order valence-corrected chi connectivity index (χ1v) is 8.55. The minimum absolute atomic E-state index is 0.266. The number of hydrogen-bond donors (Lipinski definition) is 1. The molecule has 0 bridgehead atoms. The average molecular weight is 320 g/mol. The molecule has 0 spiro atoms. The van der Waals surface area contributed by atoms with Gasteiger partial charge in [0.25, 0.3) is 0 Å². The normalized spacial score (nSPS) is 12.6. The van der Waals surface area contributed by atoms with Crippen LogP contribution in [0, 0.1) is 5.92 Å². The summed E-state index contributed by atoms with van der Waals surface area (Å²) < 4.78 is 5.46. The maximum atomic E-state index is 12.2. The van der Waals surface area contributed by atoms with Crippen molar-refractivity contribution in [3.8, 4) is 0 Å². The number of amides is 1. The lowest BCUT2D eigenvalue weighted by molar-refractivity contribution is 0.0244. The van der Waals surface area contributed by atoms with Crippen LogP contribution in [0.15, 0.2) is 24.3 Å². The number of carbonyl (C=O) groups is 1. The lowest BCUT2D eigenvalue weighted by atomic mass is 10.1. The number of rotatable bonds is 7. The number of nitrogens with zero attached hydrogens (tertiary/aromatic N) is 1. The highest BCUT2D eigenvalue weighted by molar-refractivity contribution is 5.68. The van der Waals surface area contributed by atoms with E-state index < -0.39 is 5.60 Å². The van der Waals surface area contributed by atoms with Crippen molar-refractivity contribution < 1.29 is 9.53 Å². The second-order valence-corrected chi connectivity index (χ2v) is 7.09. The Kier molecular flexibility index (Phi) is 7.40. The molecule has 1 amide bonds. The van der Waals surface area contributed by atoms with Crippen LogP contribution in [0.5, 0.6) is 0 Å². The highest BCUT2D eigenvalue weighted by Crippen LogP contribution is 2.16. The third kappa shape index (κ3) is 7.40. The summed E-state index contributed by atoms with van der Waals surface area (Å²) in [4.78, 5) is 13.9. The molecule has 23 heavy (non-hydrogen) atoms. The molecular weight excluding hydrogens is 288 g/mol. The Morgan fingerprint density at radius 3 is 2.57 bits per heavy atom. The van der Waals surface area contributed by atoms with Crippen molar-refractivity contribution in [3.05, 3.63) is 29.8 Å². The van der Waals surface area contributed by atoms with Gasteiger partial charge in [0, 0.05) is 25.3 Å². The minimum atomic E-state index is -0.468. The van der Waals surface area contributed by atoms with Gasteiger partial charge in [-0.05, 0) is 51.3 Å². The first-order chi connectivity index (χ1) is 10.7. The molecule has 0 radical (unpaired) electrons. The largest absolute Gasteiger partial charge is 0.444 e. The summed E-state index contributed by atoms with van der Waals surface area (Å²) in [6.45, 7) is 14.2. The Bertz CT molecular complexity index is 494. The van der Waals surface area contributed by atoms with Crippen LogP contribution in [0.2, 0.25) is 0 Å². The Hall–Kier alpha value is -1.71. The van der Waals surface area contributed by atoms with Crippen LogP contribution in [0.3, 0.4) is 0 Å². The van der Waals surface area contributed by atoms with Crippen molar-refractivity contribution in [2.24, 2.45) is 5.92 Å². The van der Waals surface area contributed by atoms with E-state index in [1.807, 2.05) is 39.8 Å². The summed E-state index contributed by atoms with van der Waals surface area (Å²) in [6.07, 6.45) is 0.896. The Morgan fingerprint density at radius 2 is 2.00 bits per heavy atom. The van der Waals surface area contributed by atoms with E-state index in [1.54, 1.807) is 4.90 Å². The van der Waals surface area contributed by atoms with E-state index in [2.05, 4.69) is 31.3 Å². The standard InChI is InChI=1S/C19H32N2O2/c1-7-15(3)13-20-17-11-9-10-16(12-17)14-21(8-2)18(22)23-19(4,5)6/h9-12,15,20H,7-8,13-14H2,1-6H3. The van der Waals surface area contributed by atoms with Crippen molar-refractivity contribution >= 4 is 11.8 Å². The molecule has 1 aromatic carbocycles. The molecule has 0 aliphatic carbocycles. The van der Waals surface area contributed by atoms with Gasteiger partial charge < -0.3 is 15.0 Å². The Balaban J connectivity index is 2.69. The molecule has 4 nitrogen and oxygen atoms in total. The van der Waals surface area contributed by atoms with E-state index >= 15 is 0 Å². The zero-order valence-corrected chi connectivity index (χ0v) is 15.5. The van der Waals surface area contributed by atoms with E-state index in [4.69, 9.17) is 4.74 Å². The highest BCUT2D eigenvalue weighted by atomic mass is 16.6. The van der Waals surface area contributed by atoms with Crippen LogP contribution in [0.4, 0.5) is 10.5 Å². The van der Waals surface area contributed by atoms with E-state index in [1.165, 1.54) is 0 Å². The van der Waals surface area contributed by atoms with Gasteiger partial charge >= 0.3 is 6.09 Å². The molecule has 130 valence electrons. The van der Waals surface area contributed by atoms with Crippen molar-refractivity contribution in [3.63, 3.8) is 0 Å². The van der Waals surface area contributed by atoms with E-state index in [0.717, 1.165) is 24.2 Å². The fraction of sp³-hybridized carbons (Fsp3) is 0.632. The molecule has 1 rings (SSSR count). The molecule has 0 heterocycles. The molecule has 1 unspecified atom stereocenters. The summed E-state index contributed by atoms with van der Waals surface area (Å²) in [5, 5.41) is 3.46. The van der Waals surface area contributed by atoms with Gasteiger partial charge in [-0.1, -0.05) is 32.4 Å². The molecule has 0 saturated carbocycles. The number of carbonyl (C=O) groups excluding carboxylic acids is 1. The minimum Gasteiger partial charge on any atom is -0.444 e. The van der Waals surface area contributed by atoms with Crippen molar-refractivity contribution in [2.45, 2.75) is 60.1 Å². The van der Waals surface area contributed by atoms with Crippen molar-refractivity contribution in [1.82, 2.24) is 4.90 Å². The first kappa shape index (κ1) is 19.3. The fourth-order valence-electron chi connectivity index (χ4n) is 2.07. The van der Waals surface area contributed by atoms with Gasteiger partial charge in [0.1, 0.15) is 5.60 Å². The number of hydrogen-bond acceptors (Lipinski definition) is 3. The van der Waals surface area contributed by atoms with E-state index in [-0.39, 0.29) is 6.09 Å². The van der Waals surface area contributed by atoms with Crippen LogP contribution in [-0.4, -0.2) is 29.7 Å². The molecule has 0 fully saturated rings. The molecule has 0 aliphatic rings. The molecule has 1 N–H and O–H groups in total. The van der Waals surface area contributed by atoms with Crippen LogP contribution >= 0.6 is 0 Å². The smallest absolute Gasteiger partial charge is 0.410 e. The summed E-state index contributed by atoms with van der Waals surface area (Å²) in [5.74, 6) is 0.646. The summed E-state index contributed by atoms with van der Waals surface area (Å²) in [5.41, 5.74) is 1.74. The molecule has 0 aromatic heterocycles. The van der Waals surface area contributed by atoms with Crippen molar-refractivity contribution in [1.29, 1.82) is 0 Å². The predicted molar refractivity (Wildman–Crippen MR) is 96.7 cm³/mol. The van der Waals surface area contributed by atoms with Gasteiger partial charge in [0.2, 0.25) is 0 Å². The number of anilines is 1. The molecule has 1 atom stereocenters. The van der Waals surface area contributed by atoms with Crippen molar-refractivity contribution in [2.75, 3.05) is 18.4 Å². The van der Waals surface area contributed by atoms with Crippen LogP contribution < -0.4 is 5.32 Å². The van der Waals surface area contributed by atoms with Gasteiger partial charge in [-0.25, -0.2) is 4.79 Å². The second-order valence-electron chi connectivity index (χ2n) is 7.09. The Labute approximate surface area is 141 Å². The lowest BCUT2D eigenvalue weighted by Crippen LogP contribution is -2.36. The van der Waals surface area contributed by atoms with Gasteiger partial charge in [0.05, 0.1) is 0 Å². The molecular formula is C19H32N2O2. The summed E-state index contributed by atoms with van der Waals surface area (Å²) >= 11 is 0. The molecule has 1 aromatic rings. The van der Waals surface area contributed by atoms with Gasteiger partial charge in [0.15, 0.2) is 0 Å². The fourth-order valence-corrected chi connectivity index (χ4v) is 2.07. The first-order valence-electron chi connectivity index (χ1n) is 8.55. The molecule has 4 heteroatoms. The number of ether oxygens (including phenoxy) is 1. The Morgan fingerprint density at radius 1 is 1.30 bits per heavy atom.